The normalized spacial score (nSPS) is 22.3. The van der Waals surface area contributed by atoms with Crippen LogP contribution < -0.4 is 19.7 Å². The van der Waals surface area contributed by atoms with Crippen LogP contribution in [0.4, 0.5) is 10.7 Å². The van der Waals surface area contributed by atoms with Crippen molar-refractivity contribution >= 4 is 23.8 Å². The number of carbonyl (C=O) groups excluding carboxylic acids is 3. The maximum Gasteiger partial charge on any atom is 0.325 e. The minimum Gasteiger partial charge on any atom is -0.454 e. The number of amides is 4. The molecule has 3 aliphatic rings. The van der Waals surface area contributed by atoms with Crippen molar-refractivity contribution in [2.45, 2.75) is 12.5 Å². The third kappa shape index (κ3) is 3.35. The van der Waals surface area contributed by atoms with Gasteiger partial charge in [-0.25, -0.2) is 14.8 Å². The number of hydrogen-bond donors (Lipinski definition) is 1. The van der Waals surface area contributed by atoms with Crippen molar-refractivity contribution in [3.63, 3.8) is 0 Å². The van der Waals surface area contributed by atoms with Gasteiger partial charge in [0.05, 0.1) is 0 Å². The summed E-state index contributed by atoms with van der Waals surface area (Å²) in [6.45, 7) is 3.48. The predicted octanol–water partition coefficient (Wildman–Crippen LogP) is 0.321. The number of aromatic nitrogens is 2. The van der Waals surface area contributed by atoms with Gasteiger partial charge in [0.2, 0.25) is 18.6 Å². The van der Waals surface area contributed by atoms with Crippen LogP contribution in [0.25, 0.3) is 0 Å². The molecule has 32 heavy (non-hydrogen) atoms. The number of nitrogens with zero attached hydrogens (tertiary/aromatic N) is 5. The van der Waals surface area contributed by atoms with E-state index >= 15 is 0 Å². The molecular weight excluding hydrogens is 416 g/mol. The van der Waals surface area contributed by atoms with Gasteiger partial charge in [-0.2, -0.15) is 0 Å². The zero-order valence-electron chi connectivity index (χ0n) is 17.5. The highest BCUT2D eigenvalue weighted by Crippen LogP contribution is 2.37. The lowest BCUT2D eigenvalue weighted by molar-refractivity contribution is -0.139. The van der Waals surface area contributed by atoms with Crippen molar-refractivity contribution in [1.29, 1.82) is 0 Å². The van der Waals surface area contributed by atoms with E-state index in [1.165, 1.54) is 0 Å². The number of ether oxygens (including phenoxy) is 2. The van der Waals surface area contributed by atoms with E-state index in [1.54, 1.807) is 48.5 Å². The Morgan fingerprint density at radius 3 is 2.56 bits per heavy atom. The quantitative estimate of drug-likeness (QED) is 0.679. The summed E-state index contributed by atoms with van der Waals surface area (Å²) in [5.41, 5.74) is -0.728. The highest BCUT2D eigenvalue weighted by molar-refractivity contribution is 6.09. The molecule has 0 radical (unpaired) electrons. The van der Waals surface area contributed by atoms with Crippen LogP contribution in [-0.4, -0.2) is 77.1 Å². The van der Waals surface area contributed by atoms with Crippen LogP contribution in [0, 0.1) is 0 Å². The first-order chi connectivity index (χ1) is 15.5. The van der Waals surface area contributed by atoms with Crippen LogP contribution >= 0.6 is 0 Å². The molecule has 1 aromatic heterocycles. The molecule has 4 heterocycles. The fourth-order valence-electron chi connectivity index (χ4n) is 4.09. The number of anilines is 1. The minimum atomic E-state index is -1.29. The third-order valence-electron chi connectivity index (χ3n) is 5.99. The van der Waals surface area contributed by atoms with E-state index < -0.39 is 17.5 Å². The van der Waals surface area contributed by atoms with Gasteiger partial charge in [-0.05, 0) is 30.7 Å². The second-order valence-electron chi connectivity index (χ2n) is 7.93. The van der Waals surface area contributed by atoms with E-state index in [1.807, 2.05) is 4.90 Å². The lowest BCUT2D eigenvalue weighted by Crippen LogP contribution is -2.52. The van der Waals surface area contributed by atoms with Crippen LogP contribution in [0.15, 0.2) is 36.7 Å². The molecular formula is C21H22N6O5. The van der Waals surface area contributed by atoms with Gasteiger partial charge in [0.15, 0.2) is 11.5 Å². The van der Waals surface area contributed by atoms with Gasteiger partial charge in [0, 0.05) is 38.6 Å². The van der Waals surface area contributed by atoms with Gasteiger partial charge >= 0.3 is 6.03 Å². The van der Waals surface area contributed by atoms with E-state index in [2.05, 4.69) is 15.3 Å². The number of rotatable bonds is 4. The second kappa shape index (κ2) is 7.66. The molecule has 0 bridgehead atoms. The summed E-state index contributed by atoms with van der Waals surface area (Å²) in [6, 6.07) is 6.24. The molecule has 1 N–H and O–H groups in total. The number of piperazine rings is 1. The van der Waals surface area contributed by atoms with Gasteiger partial charge in [-0.3, -0.25) is 14.5 Å². The second-order valence-corrected chi connectivity index (χ2v) is 7.93. The van der Waals surface area contributed by atoms with Gasteiger partial charge in [-0.15, -0.1) is 0 Å². The molecule has 2 saturated heterocycles. The lowest BCUT2D eigenvalue weighted by Gasteiger charge is -2.35. The minimum absolute atomic E-state index is 0.111. The van der Waals surface area contributed by atoms with E-state index in [0.29, 0.717) is 49.2 Å². The Hall–Kier alpha value is -3.89. The molecule has 11 nitrogen and oxygen atoms in total. The van der Waals surface area contributed by atoms with E-state index in [0.717, 1.165) is 4.90 Å². The Bertz CT molecular complexity index is 1070. The Morgan fingerprint density at radius 1 is 1.09 bits per heavy atom. The first-order valence-corrected chi connectivity index (χ1v) is 10.3. The fourth-order valence-corrected chi connectivity index (χ4v) is 4.09. The molecule has 0 aliphatic carbocycles. The smallest absolute Gasteiger partial charge is 0.325 e. The van der Waals surface area contributed by atoms with Crippen LogP contribution in [0.2, 0.25) is 0 Å². The highest BCUT2D eigenvalue weighted by Gasteiger charge is 2.50. The molecule has 0 saturated carbocycles. The zero-order chi connectivity index (χ0) is 22.3. The predicted molar refractivity (Wildman–Crippen MR) is 111 cm³/mol. The molecule has 166 valence electrons. The van der Waals surface area contributed by atoms with E-state index in [4.69, 9.17) is 9.47 Å². The largest absolute Gasteiger partial charge is 0.454 e. The van der Waals surface area contributed by atoms with Crippen molar-refractivity contribution in [2.24, 2.45) is 0 Å². The Labute approximate surface area is 183 Å². The molecule has 3 aliphatic heterocycles. The average Bonchev–Trinajstić information content (AvgIpc) is 3.38. The number of hydrogen-bond acceptors (Lipinski definition) is 8. The number of imide groups is 1. The van der Waals surface area contributed by atoms with Crippen LogP contribution in [0.5, 0.6) is 11.5 Å². The number of nitrogens with one attached hydrogen (secondary N) is 1. The van der Waals surface area contributed by atoms with Gasteiger partial charge in [0.1, 0.15) is 12.1 Å². The van der Waals surface area contributed by atoms with E-state index in [-0.39, 0.29) is 19.2 Å². The Morgan fingerprint density at radius 2 is 1.81 bits per heavy atom. The number of urea groups is 1. The van der Waals surface area contributed by atoms with Crippen molar-refractivity contribution in [1.82, 2.24) is 25.1 Å². The Balaban J connectivity index is 1.24. The van der Waals surface area contributed by atoms with Crippen molar-refractivity contribution in [3.05, 3.63) is 42.2 Å². The monoisotopic (exact) mass is 438 g/mol. The molecule has 1 atom stereocenters. The van der Waals surface area contributed by atoms with E-state index in [9.17, 15) is 14.4 Å². The number of fused-ring (bicyclic) bond motifs is 1. The summed E-state index contributed by atoms with van der Waals surface area (Å²) in [7, 11) is 0. The summed E-state index contributed by atoms with van der Waals surface area (Å²) in [6.07, 6.45) is 3.35. The third-order valence-corrected chi connectivity index (χ3v) is 5.99. The van der Waals surface area contributed by atoms with Crippen molar-refractivity contribution in [2.75, 3.05) is 44.4 Å². The van der Waals surface area contributed by atoms with Gasteiger partial charge in [-0.1, -0.05) is 6.07 Å². The summed E-state index contributed by atoms with van der Waals surface area (Å²) in [5.74, 6) is 0.957. The van der Waals surface area contributed by atoms with Crippen LogP contribution in [0.1, 0.15) is 12.5 Å². The van der Waals surface area contributed by atoms with Crippen LogP contribution in [-0.2, 0) is 15.1 Å². The topological polar surface area (TPSA) is 117 Å². The lowest BCUT2D eigenvalue weighted by atomic mass is 9.91. The first kappa shape index (κ1) is 20.0. The molecule has 2 fully saturated rings. The standard InChI is InChI=1S/C21H22N6O5/c1-21(14-3-4-15-16(11-14)32-13-31-15)18(29)27(20(30)24-21)12-17(28)25-7-9-26(10-8-25)19-22-5-2-6-23-19/h2-6,11H,7-10,12-13H2,1H3,(H,24,30). The molecule has 11 heteroatoms. The molecule has 1 unspecified atom stereocenters. The fraction of sp³-hybridized carbons (Fsp3) is 0.381. The van der Waals surface area contributed by atoms with Gasteiger partial charge < -0.3 is 24.6 Å². The molecule has 5 rings (SSSR count). The SMILES string of the molecule is CC1(c2ccc3c(c2)OCO3)NC(=O)N(CC(=O)N2CCN(c3ncccn3)CC2)C1=O. The number of benzene rings is 1. The molecule has 1 aromatic carbocycles. The highest BCUT2D eigenvalue weighted by atomic mass is 16.7. The summed E-state index contributed by atoms with van der Waals surface area (Å²) >= 11 is 0. The zero-order valence-corrected chi connectivity index (χ0v) is 17.5. The Kier molecular flexibility index (Phi) is 4.80. The summed E-state index contributed by atoms with van der Waals surface area (Å²) in [4.78, 5) is 51.7. The first-order valence-electron chi connectivity index (χ1n) is 10.3. The molecule has 2 aromatic rings. The van der Waals surface area contributed by atoms with Crippen molar-refractivity contribution < 1.29 is 23.9 Å². The van der Waals surface area contributed by atoms with Gasteiger partial charge in [0.25, 0.3) is 5.91 Å². The maximum absolute atomic E-state index is 13.2. The molecule has 4 amide bonds. The van der Waals surface area contributed by atoms with Crippen molar-refractivity contribution in [3.8, 4) is 11.5 Å². The number of carbonyl (C=O) groups is 3. The molecule has 0 spiro atoms. The average molecular weight is 438 g/mol. The maximum atomic E-state index is 13.2. The summed E-state index contributed by atoms with van der Waals surface area (Å²) in [5, 5.41) is 2.72. The summed E-state index contributed by atoms with van der Waals surface area (Å²) < 4.78 is 10.7. The van der Waals surface area contributed by atoms with Crippen LogP contribution in [0.3, 0.4) is 0 Å².